The molecule has 1 aliphatic carbocycles. The Morgan fingerprint density at radius 1 is 1.11 bits per heavy atom. The number of aliphatic hydroxyl groups excluding tert-OH is 1. The lowest BCUT2D eigenvalue weighted by molar-refractivity contribution is -0.145. The molecule has 0 amide bonds. The first kappa shape index (κ1) is 27.1. The number of carbonyl (C=O) groups is 1. The number of ketones is 1. The maximum Gasteiger partial charge on any atom is 0.451 e. The molecule has 0 spiro atoms. The monoisotopic (exact) mass is 514 g/mol. The van der Waals surface area contributed by atoms with Gasteiger partial charge in [0.25, 0.3) is 0 Å². The van der Waals surface area contributed by atoms with E-state index in [2.05, 4.69) is 16.0 Å². The molecule has 0 radical (unpaired) electrons. The van der Waals surface area contributed by atoms with Gasteiger partial charge >= 0.3 is 6.18 Å². The summed E-state index contributed by atoms with van der Waals surface area (Å²) in [6.07, 6.45) is 1.55. The van der Waals surface area contributed by atoms with Gasteiger partial charge in [-0.05, 0) is 75.0 Å². The molecule has 6 nitrogen and oxygen atoms in total. The lowest BCUT2D eigenvalue weighted by Gasteiger charge is -2.34. The first-order valence-corrected chi connectivity index (χ1v) is 13.1. The van der Waals surface area contributed by atoms with Crippen molar-refractivity contribution in [3.05, 3.63) is 53.0 Å². The summed E-state index contributed by atoms with van der Waals surface area (Å²) in [6, 6.07) is 11.1. The first-order chi connectivity index (χ1) is 17.8. The number of hydrogen-bond acceptors (Lipinski definition) is 6. The van der Waals surface area contributed by atoms with Gasteiger partial charge in [0, 0.05) is 49.7 Å². The first-order valence-electron chi connectivity index (χ1n) is 13.1. The Labute approximate surface area is 215 Å². The number of aryl methyl sites for hydroxylation is 1. The predicted molar refractivity (Wildman–Crippen MR) is 133 cm³/mol. The molecular weight excluding hydrogens is 481 g/mol. The summed E-state index contributed by atoms with van der Waals surface area (Å²) < 4.78 is 41.0. The Bertz CT molecular complexity index is 1110. The SMILES string of the molecule is N#Cc1ccc(CCCC(=O)[C@@H]2CCCN(c3cc(C4CCC(CO)CC4)nc(C(F)(F)F)n3)C2)cc1. The fraction of sp³-hybridized carbons (Fsp3) is 0.571. The number of alkyl halides is 3. The maximum absolute atomic E-state index is 13.7. The van der Waals surface area contributed by atoms with Crippen molar-refractivity contribution in [2.75, 3.05) is 24.6 Å². The highest BCUT2D eigenvalue weighted by Crippen LogP contribution is 2.38. The van der Waals surface area contributed by atoms with Gasteiger partial charge < -0.3 is 10.0 Å². The summed E-state index contributed by atoms with van der Waals surface area (Å²) in [4.78, 5) is 22.6. The van der Waals surface area contributed by atoms with Gasteiger partial charge in [-0.15, -0.1) is 0 Å². The van der Waals surface area contributed by atoms with Crippen LogP contribution in [0.15, 0.2) is 30.3 Å². The third kappa shape index (κ3) is 7.07. The van der Waals surface area contributed by atoms with Crippen molar-refractivity contribution in [2.24, 2.45) is 11.8 Å². The average Bonchev–Trinajstić information content (AvgIpc) is 2.92. The molecule has 1 aliphatic heterocycles. The lowest BCUT2D eigenvalue weighted by atomic mass is 9.80. The molecule has 2 heterocycles. The zero-order chi connectivity index (χ0) is 26.4. The molecule has 9 heteroatoms. The van der Waals surface area contributed by atoms with Crippen molar-refractivity contribution >= 4 is 11.6 Å². The Morgan fingerprint density at radius 3 is 2.49 bits per heavy atom. The molecule has 1 aromatic carbocycles. The molecule has 0 bridgehead atoms. The number of halogens is 3. The van der Waals surface area contributed by atoms with Gasteiger partial charge in [0.1, 0.15) is 11.6 Å². The third-order valence-electron chi connectivity index (χ3n) is 7.68. The average molecular weight is 515 g/mol. The van der Waals surface area contributed by atoms with Crippen molar-refractivity contribution in [2.45, 2.75) is 69.9 Å². The van der Waals surface area contributed by atoms with Crippen LogP contribution >= 0.6 is 0 Å². The van der Waals surface area contributed by atoms with Crippen molar-refractivity contribution in [1.82, 2.24) is 9.97 Å². The number of piperidine rings is 1. The van der Waals surface area contributed by atoms with Crippen molar-refractivity contribution in [3.63, 3.8) is 0 Å². The van der Waals surface area contributed by atoms with Crippen LogP contribution in [-0.4, -0.2) is 40.6 Å². The van der Waals surface area contributed by atoms with Crippen molar-refractivity contribution < 1.29 is 23.1 Å². The Hall–Kier alpha value is -2.99. The molecule has 4 rings (SSSR count). The van der Waals surface area contributed by atoms with E-state index in [9.17, 15) is 23.1 Å². The van der Waals surface area contributed by atoms with E-state index >= 15 is 0 Å². The molecule has 1 aromatic heterocycles. The Morgan fingerprint density at radius 2 is 1.84 bits per heavy atom. The molecule has 1 saturated heterocycles. The fourth-order valence-electron chi connectivity index (χ4n) is 5.46. The summed E-state index contributed by atoms with van der Waals surface area (Å²) in [7, 11) is 0. The molecule has 1 atom stereocenters. The van der Waals surface area contributed by atoms with E-state index in [-0.39, 0.29) is 36.0 Å². The largest absolute Gasteiger partial charge is 0.451 e. The van der Waals surface area contributed by atoms with Crippen LogP contribution in [-0.2, 0) is 17.4 Å². The zero-order valence-electron chi connectivity index (χ0n) is 20.9. The lowest BCUT2D eigenvalue weighted by Crippen LogP contribution is -2.39. The highest BCUT2D eigenvalue weighted by atomic mass is 19.4. The number of benzene rings is 1. The second kappa shape index (κ2) is 12.0. The van der Waals surface area contributed by atoms with E-state index in [1.165, 1.54) is 0 Å². The zero-order valence-corrected chi connectivity index (χ0v) is 20.9. The van der Waals surface area contributed by atoms with Gasteiger partial charge in [-0.25, -0.2) is 9.97 Å². The van der Waals surface area contributed by atoms with E-state index < -0.39 is 12.0 Å². The number of hydrogen-bond donors (Lipinski definition) is 1. The normalized spacial score (nSPS) is 22.5. The Kier molecular flexibility index (Phi) is 8.80. The molecule has 1 saturated carbocycles. The van der Waals surface area contributed by atoms with Crippen LogP contribution in [0.4, 0.5) is 19.0 Å². The van der Waals surface area contributed by atoms with E-state index in [0.717, 1.165) is 31.2 Å². The predicted octanol–water partition coefficient (Wildman–Crippen LogP) is 5.44. The molecule has 2 aliphatic rings. The van der Waals surface area contributed by atoms with Crippen LogP contribution in [0, 0.1) is 23.2 Å². The third-order valence-corrected chi connectivity index (χ3v) is 7.68. The summed E-state index contributed by atoms with van der Waals surface area (Å²) in [5, 5.41) is 18.3. The quantitative estimate of drug-likeness (QED) is 0.505. The van der Waals surface area contributed by atoms with Gasteiger partial charge in [-0.3, -0.25) is 4.79 Å². The maximum atomic E-state index is 13.7. The van der Waals surface area contributed by atoms with Crippen LogP contribution in [0.5, 0.6) is 0 Å². The van der Waals surface area contributed by atoms with E-state index in [4.69, 9.17) is 5.26 Å². The van der Waals surface area contributed by atoms with Gasteiger partial charge in [0.15, 0.2) is 0 Å². The van der Waals surface area contributed by atoms with Crippen molar-refractivity contribution in [3.8, 4) is 6.07 Å². The topological polar surface area (TPSA) is 90.1 Å². The van der Waals surface area contributed by atoms with E-state index in [1.54, 1.807) is 18.2 Å². The molecule has 198 valence electrons. The highest BCUT2D eigenvalue weighted by molar-refractivity contribution is 5.81. The molecule has 37 heavy (non-hydrogen) atoms. The van der Waals surface area contributed by atoms with E-state index in [1.807, 2.05) is 17.0 Å². The van der Waals surface area contributed by atoms with Crippen LogP contribution in [0.2, 0.25) is 0 Å². The molecule has 2 fully saturated rings. The number of rotatable bonds is 8. The minimum Gasteiger partial charge on any atom is -0.396 e. The van der Waals surface area contributed by atoms with Gasteiger partial charge in [0.05, 0.1) is 11.6 Å². The highest BCUT2D eigenvalue weighted by Gasteiger charge is 2.37. The fourth-order valence-corrected chi connectivity index (χ4v) is 5.46. The number of nitrogens with zero attached hydrogens (tertiary/aromatic N) is 4. The minimum atomic E-state index is -4.65. The number of aliphatic hydroxyl groups is 1. The summed E-state index contributed by atoms with van der Waals surface area (Å²) >= 11 is 0. The molecule has 0 unspecified atom stereocenters. The van der Waals surface area contributed by atoms with E-state index in [0.29, 0.717) is 56.5 Å². The number of nitriles is 1. The van der Waals surface area contributed by atoms with Crippen LogP contribution in [0.3, 0.4) is 0 Å². The number of Topliss-reactive ketones (excluding diaryl/α,β-unsaturated/α-hetero) is 1. The number of anilines is 1. The van der Waals surface area contributed by atoms with Crippen molar-refractivity contribution in [1.29, 1.82) is 5.26 Å². The Balaban J connectivity index is 1.41. The smallest absolute Gasteiger partial charge is 0.396 e. The molecular formula is C28H33F3N4O2. The summed E-state index contributed by atoms with van der Waals surface area (Å²) in [5.41, 5.74) is 2.07. The van der Waals surface area contributed by atoms with Gasteiger partial charge in [-0.1, -0.05) is 12.1 Å². The van der Waals surface area contributed by atoms with Gasteiger partial charge in [-0.2, -0.15) is 18.4 Å². The number of carbonyl (C=O) groups excluding carboxylic acids is 1. The summed E-state index contributed by atoms with van der Waals surface area (Å²) in [6.45, 7) is 1.02. The van der Waals surface area contributed by atoms with Crippen LogP contribution < -0.4 is 4.90 Å². The molecule has 1 N–H and O–H groups in total. The van der Waals surface area contributed by atoms with Gasteiger partial charge in [0.2, 0.25) is 5.82 Å². The van der Waals surface area contributed by atoms with Crippen LogP contribution in [0.1, 0.15) is 79.9 Å². The standard InChI is InChI=1S/C28H33F3N4O2/c29-28(30,31)27-33-24(22-12-10-21(18-36)11-13-22)15-26(34-27)35-14-2-4-23(17-35)25(37)5-1-3-19-6-8-20(16-32)9-7-19/h6-9,15,21-23,36H,1-5,10-14,17-18H2/t21?,22?,23-/m1/s1. The summed E-state index contributed by atoms with van der Waals surface area (Å²) in [5.74, 6) is -0.870. The second-order valence-electron chi connectivity index (χ2n) is 10.3. The van der Waals surface area contributed by atoms with Crippen LogP contribution in [0.25, 0.3) is 0 Å². The second-order valence-corrected chi connectivity index (χ2v) is 10.3. The minimum absolute atomic E-state index is 0.0879. The molecule has 2 aromatic rings. The number of aromatic nitrogens is 2.